The summed E-state index contributed by atoms with van der Waals surface area (Å²) in [5.41, 5.74) is 0. The first kappa shape index (κ1) is 8.01. The molecule has 0 fully saturated rings. The summed E-state index contributed by atoms with van der Waals surface area (Å²) in [6.45, 7) is 5.29. The third-order valence-electron chi connectivity index (χ3n) is 1.44. The molecular weight excluding hydrogens is 140 g/mol. The first-order valence-electron chi connectivity index (χ1n) is 3.63. The second-order valence-corrected chi connectivity index (χ2v) is 2.36. The predicted molar refractivity (Wildman–Crippen MR) is 41.9 cm³/mol. The van der Waals surface area contributed by atoms with E-state index < -0.39 is 0 Å². The Morgan fingerprint density at radius 3 is 3.09 bits per heavy atom. The molecule has 0 bridgehead atoms. The van der Waals surface area contributed by atoms with Crippen LogP contribution in [-0.2, 0) is 13.1 Å². The number of hydrogen-bond acceptors (Lipinski definition) is 1. The van der Waals surface area contributed by atoms with Crippen LogP contribution in [0.2, 0.25) is 0 Å². The van der Waals surface area contributed by atoms with Crippen LogP contribution in [-0.4, -0.2) is 16.3 Å². The van der Waals surface area contributed by atoms with E-state index >= 15 is 0 Å². The molecule has 0 unspecified atom stereocenters. The van der Waals surface area contributed by atoms with Gasteiger partial charge in [0.1, 0.15) is 25.5 Å². The molecule has 60 valence electrons. The Hall–Kier alpha value is -1.09. The molecule has 0 aliphatic rings. The van der Waals surface area contributed by atoms with Crippen LogP contribution in [0.15, 0.2) is 31.4 Å². The zero-order valence-electron chi connectivity index (χ0n) is 6.48. The van der Waals surface area contributed by atoms with Crippen molar-refractivity contribution in [2.45, 2.75) is 13.1 Å². The molecule has 0 aromatic carbocycles. The molecule has 0 saturated heterocycles. The summed E-state index contributed by atoms with van der Waals surface area (Å²) in [6, 6.07) is 0. The van der Waals surface area contributed by atoms with Gasteiger partial charge in [0.25, 0.3) is 0 Å². The average Bonchev–Trinajstić information content (AvgIpc) is 2.38. The fraction of sp³-hybridized carbons (Fsp3) is 0.375. The molecule has 0 aliphatic carbocycles. The highest BCUT2D eigenvalue weighted by molar-refractivity contribution is 4.67. The molecule has 0 spiro atoms. The maximum absolute atomic E-state index is 8.61. The number of allylic oxidation sites excluding steroid dienone is 1. The van der Waals surface area contributed by atoms with Crippen LogP contribution in [0.3, 0.4) is 0 Å². The molecule has 1 aromatic heterocycles. The summed E-state index contributed by atoms with van der Waals surface area (Å²) in [5, 5.41) is 8.61. The predicted octanol–water partition coefficient (Wildman–Crippen LogP) is -0.0461. The Balaban J connectivity index is 2.57. The Kier molecular flexibility index (Phi) is 2.86. The molecule has 0 atom stereocenters. The molecule has 0 amide bonds. The number of aliphatic hydroxyl groups is 1. The summed E-state index contributed by atoms with van der Waals surface area (Å²) in [5.74, 6) is 0. The topological polar surface area (TPSA) is 29.0 Å². The molecule has 0 radical (unpaired) electrons. The quantitative estimate of drug-likeness (QED) is 0.477. The van der Waals surface area contributed by atoms with Gasteiger partial charge in [-0.15, -0.1) is 0 Å². The van der Waals surface area contributed by atoms with Crippen LogP contribution < -0.4 is 4.57 Å². The average molecular weight is 153 g/mol. The summed E-state index contributed by atoms with van der Waals surface area (Å²) >= 11 is 0. The lowest BCUT2D eigenvalue weighted by Crippen LogP contribution is -2.29. The Labute approximate surface area is 66.2 Å². The summed E-state index contributed by atoms with van der Waals surface area (Å²) in [6.07, 6.45) is 7.66. The van der Waals surface area contributed by atoms with Gasteiger partial charge in [-0.1, -0.05) is 12.7 Å². The lowest BCUT2D eigenvalue weighted by molar-refractivity contribution is -0.686. The van der Waals surface area contributed by atoms with Gasteiger partial charge < -0.3 is 5.11 Å². The van der Waals surface area contributed by atoms with Gasteiger partial charge in [-0.25, -0.2) is 9.13 Å². The minimum atomic E-state index is 0.183. The molecule has 1 rings (SSSR count). The van der Waals surface area contributed by atoms with Crippen molar-refractivity contribution in [3.63, 3.8) is 0 Å². The number of rotatable bonds is 4. The molecule has 3 nitrogen and oxygen atoms in total. The van der Waals surface area contributed by atoms with E-state index in [0.29, 0.717) is 6.54 Å². The van der Waals surface area contributed by atoms with E-state index in [0.717, 1.165) is 6.54 Å². The Bertz CT molecular complexity index is 230. The third-order valence-corrected chi connectivity index (χ3v) is 1.44. The largest absolute Gasteiger partial charge is 0.392 e. The van der Waals surface area contributed by atoms with E-state index in [-0.39, 0.29) is 6.61 Å². The van der Waals surface area contributed by atoms with Gasteiger partial charge in [0, 0.05) is 0 Å². The number of nitrogens with zero attached hydrogens (tertiary/aromatic N) is 2. The van der Waals surface area contributed by atoms with Crippen molar-refractivity contribution in [2.75, 3.05) is 6.61 Å². The molecule has 0 aliphatic heterocycles. The third kappa shape index (κ3) is 2.20. The zero-order valence-corrected chi connectivity index (χ0v) is 6.48. The molecule has 1 heterocycles. The van der Waals surface area contributed by atoms with Crippen LogP contribution in [0.5, 0.6) is 0 Å². The normalized spacial score (nSPS) is 9.91. The van der Waals surface area contributed by atoms with Crippen molar-refractivity contribution < 1.29 is 9.67 Å². The van der Waals surface area contributed by atoms with Crippen LogP contribution in [0, 0.1) is 0 Å². The maximum atomic E-state index is 8.61. The van der Waals surface area contributed by atoms with Gasteiger partial charge in [-0.05, 0) is 0 Å². The van der Waals surface area contributed by atoms with Crippen LogP contribution >= 0.6 is 0 Å². The molecule has 3 heteroatoms. The highest BCUT2D eigenvalue weighted by atomic mass is 16.3. The van der Waals surface area contributed by atoms with E-state index in [4.69, 9.17) is 5.11 Å². The SMILES string of the molecule is C=CC[n+]1ccn(CCO)c1. The number of hydrogen-bond donors (Lipinski definition) is 1. The summed E-state index contributed by atoms with van der Waals surface area (Å²) in [4.78, 5) is 0. The minimum absolute atomic E-state index is 0.183. The second kappa shape index (κ2) is 3.93. The maximum Gasteiger partial charge on any atom is 0.244 e. The lowest BCUT2D eigenvalue weighted by Gasteiger charge is -1.88. The van der Waals surface area contributed by atoms with Gasteiger partial charge in [0.15, 0.2) is 0 Å². The highest BCUT2D eigenvalue weighted by Crippen LogP contribution is 1.82. The van der Waals surface area contributed by atoms with E-state index in [1.54, 1.807) is 0 Å². The number of aliphatic hydroxyl groups excluding tert-OH is 1. The van der Waals surface area contributed by atoms with Crippen LogP contribution in [0.1, 0.15) is 0 Å². The first-order valence-corrected chi connectivity index (χ1v) is 3.63. The van der Waals surface area contributed by atoms with E-state index in [1.807, 2.05) is 33.9 Å². The summed E-state index contributed by atoms with van der Waals surface area (Å²) < 4.78 is 3.94. The lowest BCUT2D eigenvalue weighted by atomic mass is 10.6. The van der Waals surface area contributed by atoms with Gasteiger partial charge in [-0.3, -0.25) is 0 Å². The highest BCUT2D eigenvalue weighted by Gasteiger charge is 1.99. The Morgan fingerprint density at radius 2 is 2.45 bits per heavy atom. The second-order valence-electron chi connectivity index (χ2n) is 2.36. The monoisotopic (exact) mass is 153 g/mol. The van der Waals surface area contributed by atoms with Crippen molar-refractivity contribution >= 4 is 0 Å². The summed E-state index contributed by atoms with van der Waals surface area (Å²) in [7, 11) is 0. The van der Waals surface area contributed by atoms with Gasteiger partial charge >= 0.3 is 0 Å². The van der Waals surface area contributed by atoms with Crippen molar-refractivity contribution in [1.82, 2.24) is 4.57 Å². The zero-order chi connectivity index (χ0) is 8.10. The van der Waals surface area contributed by atoms with Crippen molar-refractivity contribution in [2.24, 2.45) is 0 Å². The first-order chi connectivity index (χ1) is 5.36. The van der Waals surface area contributed by atoms with Gasteiger partial charge in [0.05, 0.1) is 6.61 Å². The number of aromatic nitrogens is 2. The van der Waals surface area contributed by atoms with Crippen molar-refractivity contribution in [1.29, 1.82) is 0 Å². The molecule has 1 N–H and O–H groups in total. The van der Waals surface area contributed by atoms with Crippen LogP contribution in [0.25, 0.3) is 0 Å². The fourth-order valence-corrected chi connectivity index (χ4v) is 0.944. The van der Waals surface area contributed by atoms with Crippen LogP contribution in [0.4, 0.5) is 0 Å². The van der Waals surface area contributed by atoms with E-state index in [9.17, 15) is 0 Å². The standard InChI is InChI=1S/C8H13N2O/c1-2-3-9-4-5-10(8-9)6-7-11/h2,4-5,8,11H,1,3,6-7H2/q+1. The van der Waals surface area contributed by atoms with Gasteiger partial charge in [0.2, 0.25) is 6.33 Å². The van der Waals surface area contributed by atoms with Gasteiger partial charge in [-0.2, -0.15) is 0 Å². The molecular formula is C8H13N2O+. The molecule has 11 heavy (non-hydrogen) atoms. The fourth-order valence-electron chi connectivity index (χ4n) is 0.944. The molecule has 1 aromatic rings. The molecule has 0 saturated carbocycles. The Morgan fingerprint density at radius 1 is 1.64 bits per heavy atom. The van der Waals surface area contributed by atoms with E-state index in [1.165, 1.54) is 0 Å². The minimum Gasteiger partial charge on any atom is -0.392 e. The van der Waals surface area contributed by atoms with E-state index in [2.05, 4.69) is 6.58 Å². The smallest absolute Gasteiger partial charge is 0.244 e. The number of imidazole rings is 1. The van der Waals surface area contributed by atoms with Crippen molar-refractivity contribution in [3.05, 3.63) is 31.4 Å². The van der Waals surface area contributed by atoms with Crippen molar-refractivity contribution in [3.8, 4) is 0 Å².